The Morgan fingerprint density at radius 2 is 2.14 bits per heavy atom. The number of pyridine rings is 1. The Labute approximate surface area is 83.2 Å². The fraction of sp³-hybridized carbons (Fsp3) is 0.0833. The average molecular weight is 184 g/mol. The molecule has 0 spiro atoms. The van der Waals surface area contributed by atoms with E-state index >= 15 is 0 Å². The molecule has 0 atom stereocenters. The molecule has 14 heavy (non-hydrogen) atoms. The van der Waals surface area contributed by atoms with Crippen molar-refractivity contribution >= 4 is 23.2 Å². The summed E-state index contributed by atoms with van der Waals surface area (Å²) in [7, 11) is 2.01. The summed E-state index contributed by atoms with van der Waals surface area (Å²) in [5.41, 5.74) is 4.21. The highest BCUT2D eigenvalue weighted by Gasteiger charge is 2.10. The first-order valence-corrected chi connectivity index (χ1v) is 4.48. The number of aryl methyl sites for hydroxylation is 1. The second-order valence-corrected chi connectivity index (χ2v) is 3.14. The van der Waals surface area contributed by atoms with Crippen molar-refractivity contribution in [3.8, 4) is 0 Å². The molecule has 0 saturated heterocycles. The maximum Gasteiger partial charge on any atom is 0.0959 e. The highest BCUT2D eigenvalue weighted by molar-refractivity contribution is 5.90. The minimum absolute atomic E-state index is 0.986. The van der Waals surface area contributed by atoms with Gasteiger partial charge in [-0.15, -0.1) is 0 Å². The molecule has 0 aliphatic heterocycles. The normalized spacial score (nSPS) is 10.4. The molecule has 0 saturated carbocycles. The summed E-state index contributed by atoms with van der Waals surface area (Å²) in [4.78, 5) is 4.34. The predicted octanol–water partition coefficient (Wildman–Crippen LogP) is 2.86. The van der Waals surface area contributed by atoms with E-state index in [9.17, 15) is 0 Å². The Morgan fingerprint density at radius 1 is 1.36 bits per heavy atom. The maximum atomic E-state index is 4.34. The van der Waals surface area contributed by atoms with E-state index < -0.39 is 0 Å². The van der Waals surface area contributed by atoms with Crippen LogP contribution in [0.1, 0.15) is 11.3 Å². The van der Waals surface area contributed by atoms with Gasteiger partial charge in [0.15, 0.2) is 0 Å². The van der Waals surface area contributed by atoms with Gasteiger partial charge in [-0.1, -0.05) is 19.2 Å². The number of fused-ring (bicyclic) bond motifs is 1. The van der Waals surface area contributed by atoms with Crippen LogP contribution in [0.15, 0.2) is 31.5 Å². The fourth-order valence-corrected chi connectivity index (χ4v) is 1.75. The van der Waals surface area contributed by atoms with Crippen LogP contribution in [0.4, 0.5) is 0 Å². The molecule has 0 aliphatic carbocycles. The molecule has 2 aromatic rings. The molecular formula is C12H12N2. The van der Waals surface area contributed by atoms with Crippen molar-refractivity contribution in [2.45, 2.75) is 0 Å². The summed E-state index contributed by atoms with van der Waals surface area (Å²) in [5, 5.41) is 0. The van der Waals surface area contributed by atoms with Gasteiger partial charge in [-0.2, -0.15) is 0 Å². The van der Waals surface area contributed by atoms with Gasteiger partial charge >= 0.3 is 0 Å². The van der Waals surface area contributed by atoms with Crippen LogP contribution in [-0.4, -0.2) is 9.55 Å². The summed E-state index contributed by atoms with van der Waals surface area (Å²) >= 11 is 0. The van der Waals surface area contributed by atoms with Crippen LogP contribution in [-0.2, 0) is 7.05 Å². The van der Waals surface area contributed by atoms with Crippen molar-refractivity contribution in [1.82, 2.24) is 9.55 Å². The van der Waals surface area contributed by atoms with Crippen molar-refractivity contribution < 1.29 is 0 Å². The minimum Gasteiger partial charge on any atom is -0.342 e. The van der Waals surface area contributed by atoms with Gasteiger partial charge in [-0.05, 0) is 18.2 Å². The third-order valence-electron chi connectivity index (χ3n) is 2.44. The molecule has 2 heteroatoms. The van der Waals surface area contributed by atoms with Gasteiger partial charge in [-0.3, -0.25) is 4.98 Å². The van der Waals surface area contributed by atoms with Crippen molar-refractivity contribution in [2.75, 3.05) is 0 Å². The second kappa shape index (κ2) is 3.14. The zero-order chi connectivity index (χ0) is 10.1. The number of nitrogens with zero attached hydrogens (tertiary/aromatic N) is 2. The van der Waals surface area contributed by atoms with Gasteiger partial charge in [-0.25, -0.2) is 0 Å². The Balaban J connectivity index is 2.98. The predicted molar refractivity (Wildman–Crippen MR) is 60.9 cm³/mol. The lowest BCUT2D eigenvalue weighted by Gasteiger charge is -1.97. The molecule has 0 amide bonds. The molecule has 0 unspecified atom stereocenters. The Hall–Kier alpha value is -1.83. The van der Waals surface area contributed by atoms with Gasteiger partial charge in [0.05, 0.1) is 11.0 Å². The van der Waals surface area contributed by atoms with Crippen LogP contribution in [0.2, 0.25) is 0 Å². The SMILES string of the molecule is C=Cc1c(C=C)n(C)c2cccnc12. The van der Waals surface area contributed by atoms with E-state index in [4.69, 9.17) is 0 Å². The average Bonchev–Trinajstić information content (AvgIpc) is 2.51. The summed E-state index contributed by atoms with van der Waals surface area (Å²) in [6.07, 6.45) is 5.45. The largest absolute Gasteiger partial charge is 0.342 e. The molecular weight excluding hydrogens is 172 g/mol. The molecule has 0 fully saturated rings. The Bertz CT molecular complexity index is 506. The minimum atomic E-state index is 0.986. The zero-order valence-electron chi connectivity index (χ0n) is 8.20. The highest BCUT2D eigenvalue weighted by atomic mass is 15.0. The van der Waals surface area contributed by atoms with Crippen LogP contribution in [0.25, 0.3) is 23.2 Å². The zero-order valence-corrected chi connectivity index (χ0v) is 8.20. The molecule has 2 heterocycles. The number of hydrogen-bond donors (Lipinski definition) is 0. The van der Waals surface area contributed by atoms with Crippen molar-refractivity contribution in [3.63, 3.8) is 0 Å². The van der Waals surface area contributed by atoms with Crippen LogP contribution in [0.3, 0.4) is 0 Å². The highest BCUT2D eigenvalue weighted by Crippen LogP contribution is 2.24. The molecule has 0 N–H and O–H groups in total. The summed E-state index contributed by atoms with van der Waals surface area (Å²) in [6.45, 7) is 7.60. The topological polar surface area (TPSA) is 17.8 Å². The van der Waals surface area contributed by atoms with Crippen molar-refractivity contribution in [3.05, 3.63) is 42.7 Å². The molecule has 2 aromatic heterocycles. The van der Waals surface area contributed by atoms with E-state index in [0.29, 0.717) is 0 Å². The molecule has 0 aliphatic rings. The monoisotopic (exact) mass is 184 g/mol. The lowest BCUT2D eigenvalue weighted by molar-refractivity contribution is 0.953. The molecule has 0 radical (unpaired) electrons. The third kappa shape index (κ3) is 1.01. The Kier molecular flexibility index (Phi) is 1.97. The van der Waals surface area contributed by atoms with Crippen molar-refractivity contribution in [2.24, 2.45) is 7.05 Å². The van der Waals surface area contributed by atoms with E-state index in [1.54, 1.807) is 6.20 Å². The molecule has 0 bridgehead atoms. The number of aromatic nitrogens is 2. The summed E-state index contributed by atoms with van der Waals surface area (Å²) in [5.74, 6) is 0. The standard InChI is InChI=1S/C12H12N2/c1-4-9-10(5-2)14(3)11-7-6-8-13-12(9)11/h4-8H,1-2H2,3H3. The number of rotatable bonds is 2. The number of hydrogen-bond acceptors (Lipinski definition) is 1. The lowest BCUT2D eigenvalue weighted by atomic mass is 10.2. The van der Waals surface area contributed by atoms with Crippen LogP contribution in [0.5, 0.6) is 0 Å². The first kappa shape index (κ1) is 8.75. The van der Waals surface area contributed by atoms with Gasteiger partial charge in [0.1, 0.15) is 0 Å². The summed E-state index contributed by atoms with van der Waals surface area (Å²) < 4.78 is 2.08. The second-order valence-electron chi connectivity index (χ2n) is 3.14. The van der Waals surface area contributed by atoms with E-state index in [1.807, 2.05) is 31.3 Å². The van der Waals surface area contributed by atoms with E-state index in [1.165, 1.54) is 0 Å². The molecule has 0 aromatic carbocycles. The fourth-order valence-electron chi connectivity index (χ4n) is 1.75. The van der Waals surface area contributed by atoms with Gasteiger partial charge in [0.25, 0.3) is 0 Å². The smallest absolute Gasteiger partial charge is 0.0959 e. The van der Waals surface area contributed by atoms with E-state index in [2.05, 4.69) is 22.7 Å². The first-order chi connectivity index (χ1) is 6.79. The third-order valence-corrected chi connectivity index (χ3v) is 2.44. The molecule has 70 valence electrons. The molecule has 2 rings (SSSR count). The quantitative estimate of drug-likeness (QED) is 0.701. The van der Waals surface area contributed by atoms with E-state index in [0.717, 1.165) is 22.3 Å². The maximum absolute atomic E-state index is 4.34. The molecule has 2 nitrogen and oxygen atoms in total. The van der Waals surface area contributed by atoms with Gasteiger partial charge in [0, 0.05) is 24.5 Å². The van der Waals surface area contributed by atoms with Crippen LogP contribution in [0, 0.1) is 0 Å². The van der Waals surface area contributed by atoms with Crippen LogP contribution < -0.4 is 0 Å². The Morgan fingerprint density at radius 3 is 2.79 bits per heavy atom. The summed E-state index contributed by atoms with van der Waals surface area (Å²) in [6, 6.07) is 3.98. The van der Waals surface area contributed by atoms with E-state index in [-0.39, 0.29) is 0 Å². The van der Waals surface area contributed by atoms with Crippen molar-refractivity contribution in [1.29, 1.82) is 0 Å². The first-order valence-electron chi connectivity index (χ1n) is 4.48. The lowest BCUT2D eigenvalue weighted by Crippen LogP contribution is -1.90. The van der Waals surface area contributed by atoms with Crippen LogP contribution >= 0.6 is 0 Å². The van der Waals surface area contributed by atoms with Gasteiger partial charge in [0.2, 0.25) is 0 Å². The van der Waals surface area contributed by atoms with Gasteiger partial charge < -0.3 is 4.57 Å².